The summed E-state index contributed by atoms with van der Waals surface area (Å²) >= 11 is 0. The largest absolute Gasteiger partial charge is 0.586 e. The first-order chi connectivity index (χ1) is 19.5. The molecule has 0 spiro atoms. The Kier molecular flexibility index (Phi) is 7.39. The number of rotatable bonds is 6. The first-order valence-corrected chi connectivity index (χ1v) is 12.6. The number of nitrogen functional groups attached to an aromatic ring is 1. The molecule has 13 heteroatoms. The fourth-order valence-electron chi connectivity index (χ4n) is 4.77. The normalized spacial score (nSPS) is 18.7. The number of ether oxygens (including phenoxy) is 4. The predicted molar refractivity (Wildman–Crippen MR) is 136 cm³/mol. The number of carbonyl (C=O) groups is 2. The van der Waals surface area contributed by atoms with E-state index in [9.17, 15) is 27.2 Å². The lowest BCUT2D eigenvalue weighted by molar-refractivity contribution is -0.286. The van der Waals surface area contributed by atoms with Gasteiger partial charge in [-0.2, -0.15) is 8.78 Å². The molecule has 5 N–H and O–H groups in total. The molecule has 2 heterocycles. The second-order valence-corrected chi connectivity index (χ2v) is 9.67. The van der Waals surface area contributed by atoms with E-state index < -0.39 is 24.2 Å². The molecule has 1 fully saturated rings. The van der Waals surface area contributed by atoms with Crippen LogP contribution in [0.15, 0.2) is 60.7 Å². The molecule has 1 unspecified atom stereocenters. The first kappa shape index (κ1) is 28.0. The quantitative estimate of drug-likeness (QED) is 0.171. The molecular formula is C28H25F4N3O6. The van der Waals surface area contributed by atoms with Gasteiger partial charge in [-0.1, -0.05) is 24.3 Å². The van der Waals surface area contributed by atoms with Gasteiger partial charge in [0.25, 0.3) is 5.91 Å². The van der Waals surface area contributed by atoms with Crippen LogP contribution in [0.4, 0.5) is 17.6 Å². The Labute approximate surface area is 231 Å². The number of primary amides is 1. The van der Waals surface area contributed by atoms with Crippen LogP contribution < -0.4 is 35.9 Å². The summed E-state index contributed by atoms with van der Waals surface area (Å²) in [7, 11) is 0. The number of nitrogens with one attached hydrogen (secondary N) is 1. The van der Waals surface area contributed by atoms with Gasteiger partial charge in [0.15, 0.2) is 11.5 Å². The van der Waals surface area contributed by atoms with Gasteiger partial charge in [0.2, 0.25) is 5.91 Å². The third kappa shape index (κ3) is 5.99. The van der Waals surface area contributed by atoms with Gasteiger partial charge in [0.05, 0.1) is 5.41 Å². The molecule has 1 aliphatic carbocycles. The number of alkyl halides is 4. The van der Waals surface area contributed by atoms with Crippen LogP contribution in [0.5, 0.6) is 23.0 Å². The number of aryl methyl sites for hydroxylation is 1. The van der Waals surface area contributed by atoms with E-state index in [-0.39, 0.29) is 29.3 Å². The molecule has 3 aliphatic rings. The Bertz CT molecular complexity index is 1480. The van der Waals surface area contributed by atoms with E-state index in [2.05, 4.69) is 19.6 Å². The number of carbonyl (C=O) groups excluding carboxylic acids is 2. The standard InChI is InChI=1S/C17H16F2N2O3.C11H9F2NO3/c18-17(19)23-13-6-4-10-5-7-14(24-15(10)9-13)11-2-1-3-12(8-11)16(22)21-20;12-11(13)16-7-2-1-6(5-8(7)17-11)10(3-4-10)9(14)15/h1-4,6,8-9,14,17H,5,7,20H2,(H,21,22);1-2,5H,3-4H2,(H2,14,15). The van der Waals surface area contributed by atoms with E-state index in [4.69, 9.17) is 16.3 Å². The summed E-state index contributed by atoms with van der Waals surface area (Å²) in [5.41, 5.74) is 9.46. The second-order valence-electron chi connectivity index (χ2n) is 9.67. The van der Waals surface area contributed by atoms with Gasteiger partial charge in [-0.05, 0) is 72.7 Å². The Morgan fingerprint density at radius 1 is 0.976 bits per heavy atom. The van der Waals surface area contributed by atoms with E-state index in [0.29, 0.717) is 29.7 Å². The van der Waals surface area contributed by atoms with Crippen LogP contribution in [0.1, 0.15) is 52.4 Å². The molecule has 0 bridgehead atoms. The summed E-state index contributed by atoms with van der Waals surface area (Å²) in [4.78, 5) is 22.9. The molecule has 2 amide bonds. The summed E-state index contributed by atoms with van der Waals surface area (Å²) < 4.78 is 69.2. The van der Waals surface area contributed by atoms with Crippen LogP contribution in [0.2, 0.25) is 0 Å². The van der Waals surface area contributed by atoms with Crippen LogP contribution in [0.3, 0.4) is 0 Å². The maximum Gasteiger partial charge on any atom is 0.586 e. The molecule has 0 saturated heterocycles. The molecular weight excluding hydrogens is 550 g/mol. The number of halogens is 4. The minimum atomic E-state index is -3.63. The average molecular weight is 576 g/mol. The van der Waals surface area contributed by atoms with E-state index in [1.165, 1.54) is 24.3 Å². The zero-order valence-corrected chi connectivity index (χ0v) is 21.4. The number of hydrazine groups is 1. The molecule has 0 radical (unpaired) electrons. The number of hydrogen-bond donors (Lipinski definition) is 3. The van der Waals surface area contributed by atoms with Gasteiger partial charge in [-0.15, -0.1) is 8.78 Å². The second kappa shape index (κ2) is 10.8. The van der Waals surface area contributed by atoms with Crippen LogP contribution in [0.25, 0.3) is 0 Å². The molecule has 3 aromatic rings. The molecule has 3 aromatic carbocycles. The third-order valence-corrected chi connectivity index (χ3v) is 7.04. The van der Waals surface area contributed by atoms with Crippen LogP contribution in [-0.4, -0.2) is 24.7 Å². The maximum atomic E-state index is 12.8. The fourth-order valence-corrected chi connectivity index (χ4v) is 4.77. The van der Waals surface area contributed by atoms with Crippen molar-refractivity contribution >= 4 is 11.8 Å². The maximum absolute atomic E-state index is 12.8. The molecule has 216 valence electrons. The van der Waals surface area contributed by atoms with E-state index >= 15 is 0 Å². The van der Waals surface area contributed by atoms with Crippen molar-refractivity contribution in [1.29, 1.82) is 0 Å². The monoisotopic (exact) mass is 575 g/mol. The van der Waals surface area contributed by atoms with Gasteiger partial charge in [-0.25, -0.2) is 5.84 Å². The van der Waals surface area contributed by atoms with Crippen molar-refractivity contribution in [2.75, 3.05) is 0 Å². The lowest BCUT2D eigenvalue weighted by Gasteiger charge is -2.27. The smallest absolute Gasteiger partial charge is 0.485 e. The summed E-state index contributed by atoms with van der Waals surface area (Å²) in [6.45, 7) is -2.88. The van der Waals surface area contributed by atoms with Crippen LogP contribution >= 0.6 is 0 Å². The van der Waals surface area contributed by atoms with Crippen LogP contribution in [0, 0.1) is 0 Å². The Balaban J connectivity index is 0.000000174. The third-order valence-electron chi connectivity index (χ3n) is 7.04. The highest BCUT2D eigenvalue weighted by Crippen LogP contribution is 2.51. The van der Waals surface area contributed by atoms with E-state index in [1.807, 2.05) is 6.07 Å². The molecule has 1 atom stereocenters. The number of amides is 2. The highest BCUT2D eigenvalue weighted by atomic mass is 19.3. The zero-order valence-electron chi connectivity index (χ0n) is 21.4. The predicted octanol–water partition coefficient (Wildman–Crippen LogP) is 4.48. The van der Waals surface area contributed by atoms with Crippen molar-refractivity contribution in [3.05, 3.63) is 82.9 Å². The van der Waals surface area contributed by atoms with Crippen molar-refractivity contribution in [2.24, 2.45) is 11.6 Å². The van der Waals surface area contributed by atoms with Crippen molar-refractivity contribution in [3.8, 4) is 23.0 Å². The number of fused-ring (bicyclic) bond motifs is 2. The van der Waals surface area contributed by atoms with Crippen molar-refractivity contribution in [2.45, 2.75) is 50.1 Å². The summed E-state index contributed by atoms with van der Waals surface area (Å²) in [6, 6.07) is 16.0. The molecule has 9 nitrogen and oxygen atoms in total. The minimum absolute atomic E-state index is 0.0287. The van der Waals surface area contributed by atoms with Crippen molar-refractivity contribution in [3.63, 3.8) is 0 Å². The summed E-state index contributed by atoms with van der Waals surface area (Å²) in [5, 5.41) is 0. The van der Waals surface area contributed by atoms with Crippen molar-refractivity contribution in [1.82, 2.24) is 5.43 Å². The first-order valence-electron chi connectivity index (χ1n) is 12.6. The van der Waals surface area contributed by atoms with Gasteiger partial charge >= 0.3 is 12.9 Å². The number of nitrogens with two attached hydrogens (primary N) is 2. The lowest BCUT2D eigenvalue weighted by Crippen LogP contribution is -2.30. The highest BCUT2D eigenvalue weighted by Gasteiger charge is 2.51. The van der Waals surface area contributed by atoms with Crippen LogP contribution in [-0.2, 0) is 16.6 Å². The SMILES string of the molecule is NC(=O)C1(c2ccc3c(c2)OC(F)(F)O3)CC1.NNC(=O)c1cccc(C2CCc3ccc(OC(F)F)cc3O2)c1. The molecule has 6 rings (SSSR count). The van der Waals surface area contributed by atoms with E-state index in [0.717, 1.165) is 24.0 Å². The Hall–Kier alpha value is -4.52. The lowest BCUT2D eigenvalue weighted by atomic mass is 9.95. The van der Waals surface area contributed by atoms with Gasteiger partial charge in [0, 0.05) is 11.6 Å². The Morgan fingerprint density at radius 2 is 1.73 bits per heavy atom. The van der Waals surface area contributed by atoms with Gasteiger partial charge < -0.3 is 24.7 Å². The highest BCUT2D eigenvalue weighted by molar-refractivity contribution is 5.94. The number of benzene rings is 3. The van der Waals surface area contributed by atoms with E-state index in [1.54, 1.807) is 30.3 Å². The fraction of sp³-hybridized carbons (Fsp3) is 0.286. The minimum Gasteiger partial charge on any atom is -0.485 e. The zero-order chi connectivity index (χ0) is 29.4. The average Bonchev–Trinajstić information content (AvgIpc) is 3.69. The van der Waals surface area contributed by atoms with Gasteiger partial charge in [-0.3, -0.25) is 15.0 Å². The van der Waals surface area contributed by atoms with Crippen molar-refractivity contribution < 1.29 is 46.1 Å². The summed E-state index contributed by atoms with van der Waals surface area (Å²) in [6.07, 6.45) is -1.18. The molecule has 0 aromatic heterocycles. The topological polar surface area (TPSA) is 135 Å². The van der Waals surface area contributed by atoms with Gasteiger partial charge in [0.1, 0.15) is 17.6 Å². The Morgan fingerprint density at radius 3 is 2.41 bits per heavy atom. The molecule has 2 aliphatic heterocycles. The number of hydrogen-bond acceptors (Lipinski definition) is 7. The summed E-state index contributed by atoms with van der Waals surface area (Å²) in [5.74, 6) is 4.80. The molecule has 1 saturated carbocycles. The molecule has 41 heavy (non-hydrogen) atoms.